The molecule has 0 saturated heterocycles. The second kappa shape index (κ2) is 4.11. The van der Waals surface area contributed by atoms with Crippen molar-refractivity contribution in [2.75, 3.05) is 0 Å². The van der Waals surface area contributed by atoms with Crippen LogP contribution in [0.2, 0.25) is 0 Å². The topological polar surface area (TPSA) is 47.6 Å². The number of nitrogens with zero attached hydrogens (tertiary/aromatic N) is 1. The second-order valence-electron chi connectivity index (χ2n) is 4.71. The predicted molar refractivity (Wildman–Crippen MR) is 63.4 cm³/mol. The lowest BCUT2D eigenvalue weighted by molar-refractivity contribution is 0.142. The fraction of sp³-hybridized carbons (Fsp3) is 0.462. The van der Waals surface area contributed by atoms with Gasteiger partial charge >= 0.3 is 0 Å². The fourth-order valence-corrected chi connectivity index (χ4v) is 2.51. The number of aliphatic imine (C=N–C) groups is 1. The van der Waals surface area contributed by atoms with Crippen LogP contribution in [0, 0.1) is 5.82 Å². The summed E-state index contributed by atoms with van der Waals surface area (Å²) in [6.45, 7) is 0. The number of fused-ring (bicyclic) bond motifs is 1. The molecule has 0 amide bonds. The lowest BCUT2D eigenvalue weighted by Crippen LogP contribution is -2.38. The van der Waals surface area contributed by atoms with E-state index in [2.05, 4.69) is 4.99 Å². The zero-order valence-corrected chi connectivity index (χ0v) is 9.47. The minimum absolute atomic E-state index is 0.0355. The van der Waals surface area contributed by atoms with Gasteiger partial charge in [0.2, 0.25) is 5.90 Å². The van der Waals surface area contributed by atoms with Crippen molar-refractivity contribution in [3.05, 3.63) is 35.6 Å². The second-order valence-corrected chi connectivity index (χ2v) is 4.71. The van der Waals surface area contributed by atoms with E-state index in [9.17, 15) is 4.39 Å². The summed E-state index contributed by atoms with van der Waals surface area (Å²) in [6, 6.07) is 6.92. The van der Waals surface area contributed by atoms with Gasteiger partial charge in [-0.2, -0.15) is 0 Å². The number of halogens is 1. The van der Waals surface area contributed by atoms with Crippen LogP contribution in [-0.2, 0) is 4.74 Å². The normalized spacial score (nSPS) is 31.6. The Balaban J connectivity index is 1.85. The Bertz CT molecular complexity index is 460. The molecule has 1 aromatic carbocycles. The highest BCUT2D eigenvalue weighted by Gasteiger charge is 2.36. The first-order valence-corrected chi connectivity index (χ1v) is 5.99. The average Bonchev–Trinajstić information content (AvgIpc) is 2.72. The quantitative estimate of drug-likeness (QED) is 0.806. The molecule has 90 valence electrons. The number of hydrogen-bond donors (Lipinski definition) is 1. The molecule has 3 rings (SSSR count). The third-order valence-corrected chi connectivity index (χ3v) is 3.45. The summed E-state index contributed by atoms with van der Waals surface area (Å²) in [5.74, 6) is 0.154. The first-order valence-electron chi connectivity index (χ1n) is 5.99. The summed E-state index contributed by atoms with van der Waals surface area (Å²) in [6.07, 6.45) is 2.75. The molecule has 2 N–H and O–H groups in total. The Labute approximate surface area is 99.5 Å². The van der Waals surface area contributed by atoms with E-state index in [4.69, 9.17) is 10.5 Å². The van der Waals surface area contributed by atoms with Crippen molar-refractivity contribution in [2.24, 2.45) is 10.7 Å². The van der Waals surface area contributed by atoms with Gasteiger partial charge in [-0.15, -0.1) is 0 Å². The summed E-state index contributed by atoms with van der Waals surface area (Å²) >= 11 is 0. The molecule has 1 fully saturated rings. The van der Waals surface area contributed by atoms with Gasteiger partial charge in [-0.1, -0.05) is 12.1 Å². The van der Waals surface area contributed by atoms with E-state index in [0.717, 1.165) is 19.3 Å². The lowest BCUT2D eigenvalue weighted by atomic mass is 9.90. The van der Waals surface area contributed by atoms with Gasteiger partial charge in [0, 0.05) is 12.5 Å². The van der Waals surface area contributed by atoms with Crippen LogP contribution in [0.4, 0.5) is 4.39 Å². The van der Waals surface area contributed by atoms with Crippen molar-refractivity contribution in [1.29, 1.82) is 0 Å². The Morgan fingerprint density at radius 2 is 2.12 bits per heavy atom. The van der Waals surface area contributed by atoms with Gasteiger partial charge in [0.15, 0.2) is 0 Å². The highest BCUT2D eigenvalue weighted by atomic mass is 19.1. The van der Waals surface area contributed by atoms with Crippen molar-refractivity contribution in [3.8, 4) is 0 Å². The van der Waals surface area contributed by atoms with Gasteiger partial charge in [-0.25, -0.2) is 9.38 Å². The molecule has 1 heterocycles. The van der Waals surface area contributed by atoms with Crippen molar-refractivity contribution in [1.82, 2.24) is 0 Å². The SMILES string of the molecule is NC1CCC2N=C(c3ccccc3F)OC2C1. The number of ether oxygens (including phenoxy) is 1. The standard InChI is InChI=1S/C13H15FN2O/c14-10-4-2-1-3-9(10)13-16-11-6-5-8(15)7-12(11)17-13/h1-4,8,11-12H,5-7,15H2. The van der Waals surface area contributed by atoms with Gasteiger partial charge in [-0.05, 0) is 25.0 Å². The first-order chi connectivity index (χ1) is 8.24. The number of rotatable bonds is 1. The molecule has 1 saturated carbocycles. The van der Waals surface area contributed by atoms with Crippen LogP contribution in [0.5, 0.6) is 0 Å². The van der Waals surface area contributed by atoms with Crippen LogP contribution in [0.1, 0.15) is 24.8 Å². The minimum Gasteiger partial charge on any atom is -0.472 e. The van der Waals surface area contributed by atoms with Gasteiger partial charge in [0.1, 0.15) is 11.9 Å². The maximum atomic E-state index is 13.6. The molecule has 17 heavy (non-hydrogen) atoms. The summed E-state index contributed by atoms with van der Waals surface area (Å²) in [5, 5.41) is 0. The first kappa shape index (κ1) is 10.7. The third-order valence-electron chi connectivity index (χ3n) is 3.45. The molecule has 0 aromatic heterocycles. The van der Waals surface area contributed by atoms with Crippen LogP contribution < -0.4 is 5.73 Å². The lowest BCUT2D eigenvalue weighted by Gasteiger charge is -2.26. The van der Waals surface area contributed by atoms with E-state index in [1.165, 1.54) is 6.07 Å². The van der Waals surface area contributed by atoms with Crippen LogP contribution in [0.25, 0.3) is 0 Å². The molecule has 2 aliphatic rings. The van der Waals surface area contributed by atoms with Gasteiger partial charge in [0.25, 0.3) is 0 Å². The van der Waals surface area contributed by atoms with Crippen molar-refractivity contribution in [3.63, 3.8) is 0 Å². The van der Waals surface area contributed by atoms with Gasteiger partial charge in [0.05, 0.1) is 11.6 Å². The van der Waals surface area contributed by atoms with E-state index in [1.54, 1.807) is 18.2 Å². The van der Waals surface area contributed by atoms with Crippen molar-refractivity contribution < 1.29 is 9.13 Å². The molecule has 3 unspecified atom stereocenters. The van der Waals surface area contributed by atoms with Crippen LogP contribution >= 0.6 is 0 Å². The van der Waals surface area contributed by atoms with E-state index in [-0.39, 0.29) is 24.0 Å². The summed E-state index contributed by atoms with van der Waals surface area (Å²) in [4.78, 5) is 4.47. The summed E-state index contributed by atoms with van der Waals surface area (Å²) in [5.41, 5.74) is 6.35. The minimum atomic E-state index is -0.283. The smallest absolute Gasteiger partial charge is 0.219 e. The van der Waals surface area contributed by atoms with Crippen LogP contribution in [0.15, 0.2) is 29.3 Å². The maximum Gasteiger partial charge on any atom is 0.219 e. The molecule has 1 aromatic rings. The molecule has 4 heteroatoms. The molecule has 0 spiro atoms. The average molecular weight is 234 g/mol. The Morgan fingerprint density at radius 1 is 1.29 bits per heavy atom. The zero-order valence-electron chi connectivity index (χ0n) is 9.47. The third kappa shape index (κ3) is 1.93. The number of nitrogens with two attached hydrogens (primary N) is 1. The van der Waals surface area contributed by atoms with Crippen molar-refractivity contribution in [2.45, 2.75) is 37.5 Å². The van der Waals surface area contributed by atoms with E-state index in [1.807, 2.05) is 0 Å². The molecule has 1 aliphatic carbocycles. The van der Waals surface area contributed by atoms with Crippen LogP contribution in [0.3, 0.4) is 0 Å². The van der Waals surface area contributed by atoms with Gasteiger partial charge in [-0.3, -0.25) is 0 Å². The predicted octanol–water partition coefficient (Wildman–Crippen LogP) is 1.85. The molecular weight excluding hydrogens is 219 g/mol. The number of benzene rings is 1. The molecular formula is C13H15FN2O. The Morgan fingerprint density at radius 3 is 2.94 bits per heavy atom. The highest BCUT2D eigenvalue weighted by Crippen LogP contribution is 2.30. The molecule has 3 nitrogen and oxygen atoms in total. The monoisotopic (exact) mass is 234 g/mol. The van der Waals surface area contributed by atoms with Crippen molar-refractivity contribution >= 4 is 5.90 Å². The van der Waals surface area contributed by atoms with E-state index >= 15 is 0 Å². The molecule has 0 radical (unpaired) electrons. The number of hydrogen-bond acceptors (Lipinski definition) is 3. The zero-order chi connectivity index (χ0) is 11.8. The van der Waals surface area contributed by atoms with Crippen LogP contribution in [-0.4, -0.2) is 24.1 Å². The van der Waals surface area contributed by atoms with Gasteiger partial charge < -0.3 is 10.5 Å². The summed E-state index contributed by atoms with van der Waals surface area (Å²) in [7, 11) is 0. The molecule has 3 atom stereocenters. The Hall–Kier alpha value is -1.42. The maximum absolute atomic E-state index is 13.6. The van der Waals surface area contributed by atoms with E-state index < -0.39 is 0 Å². The molecule has 1 aliphatic heterocycles. The fourth-order valence-electron chi connectivity index (χ4n) is 2.51. The highest BCUT2D eigenvalue weighted by molar-refractivity contribution is 5.95. The summed E-state index contributed by atoms with van der Waals surface area (Å²) < 4.78 is 19.3. The Kier molecular flexibility index (Phi) is 2.59. The molecule has 0 bridgehead atoms. The van der Waals surface area contributed by atoms with E-state index in [0.29, 0.717) is 11.5 Å². The largest absolute Gasteiger partial charge is 0.472 e.